The van der Waals surface area contributed by atoms with Gasteiger partial charge in [-0.3, -0.25) is 14.7 Å². The number of carbonyl (C=O) groups is 1. The van der Waals surface area contributed by atoms with Crippen LogP contribution in [0.2, 0.25) is 0 Å². The number of nitrogens with one attached hydrogen (secondary N) is 4. The minimum absolute atomic E-state index is 0.127. The molecule has 1 amide bonds. The number of hydrogen-bond acceptors (Lipinski definition) is 6. The average Bonchev–Trinajstić information content (AvgIpc) is 3.44. The third-order valence-electron chi connectivity index (χ3n) is 5.60. The normalized spacial score (nSPS) is 11.0. The SMILES string of the molecule is O=C(NCCNCc1ccc(-c2nc3cc[nH]c(=O)c3cc2-c2ccccc2)cc1)c1nc[nH]n1. The summed E-state index contributed by atoms with van der Waals surface area (Å²) >= 11 is 0. The Morgan fingerprint density at radius 1 is 0.943 bits per heavy atom. The summed E-state index contributed by atoms with van der Waals surface area (Å²) in [4.78, 5) is 35.6. The van der Waals surface area contributed by atoms with Crippen molar-refractivity contribution >= 4 is 16.8 Å². The van der Waals surface area contributed by atoms with E-state index < -0.39 is 0 Å². The lowest BCUT2D eigenvalue weighted by Crippen LogP contribution is -2.32. The second kappa shape index (κ2) is 10.1. The van der Waals surface area contributed by atoms with Gasteiger partial charge in [-0.05, 0) is 23.3 Å². The number of rotatable bonds is 8. The molecule has 2 aromatic carbocycles. The summed E-state index contributed by atoms with van der Waals surface area (Å²) in [6.45, 7) is 1.73. The quantitative estimate of drug-likeness (QED) is 0.261. The molecule has 9 heteroatoms. The average molecular weight is 466 g/mol. The van der Waals surface area contributed by atoms with Crippen molar-refractivity contribution in [1.29, 1.82) is 0 Å². The number of H-pyrrole nitrogens is 2. The molecule has 0 bridgehead atoms. The van der Waals surface area contributed by atoms with E-state index in [-0.39, 0.29) is 17.3 Å². The summed E-state index contributed by atoms with van der Waals surface area (Å²) in [5.41, 5.74) is 5.30. The summed E-state index contributed by atoms with van der Waals surface area (Å²) in [7, 11) is 0. The molecule has 3 aromatic heterocycles. The molecule has 0 fully saturated rings. The van der Waals surface area contributed by atoms with Gasteiger partial charge in [0.15, 0.2) is 0 Å². The molecule has 9 nitrogen and oxygen atoms in total. The first-order valence-electron chi connectivity index (χ1n) is 11.2. The summed E-state index contributed by atoms with van der Waals surface area (Å²) in [5.74, 6) is -0.182. The van der Waals surface area contributed by atoms with Crippen molar-refractivity contribution in [2.75, 3.05) is 13.1 Å². The lowest BCUT2D eigenvalue weighted by atomic mass is 9.97. The van der Waals surface area contributed by atoms with Crippen molar-refractivity contribution < 1.29 is 4.79 Å². The van der Waals surface area contributed by atoms with Crippen LogP contribution in [0, 0.1) is 0 Å². The highest BCUT2D eigenvalue weighted by atomic mass is 16.2. The van der Waals surface area contributed by atoms with Gasteiger partial charge in [0.2, 0.25) is 5.82 Å². The van der Waals surface area contributed by atoms with E-state index in [2.05, 4.69) is 30.8 Å². The topological polar surface area (TPSA) is 128 Å². The lowest BCUT2D eigenvalue weighted by molar-refractivity contribution is 0.0944. The molecular formula is C26H23N7O2. The maximum absolute atomic E-state index is 12.4. The van der Waals surface area contributed by atoms with Crippen LogP contribution in [-0.4, -0.2) is 44.1 Å². The minimum atomic E-state index is -0.309. The molecule has 0 atom stereocenters. The summed E-state index contributed by atoms with van der Waals surface area (Å²) in [6, 6.07) is 21.8. The van der Waals surface area contributed by atoms with Gasteiger partial charge in [-0.2, -0.15) is 0 Å². The highest BCUT2D eigenvalue weighted by Gasteiger charge is 2.13. The van der Waals surface area contributed by atoms with Crippen molar-refractivity contribution in [3.63, 3.8) is 0 Å². The first-order chi connectivity index (χ1) is 17.2. The second-order valence-corrected chi connectivity index (χ2v) is 7.94. The van der Waals surface area contributed by atoms with E-state index in [1.165, 1.54) is 6.33 Å². The fourth-order valence-electron chi connectivity index (χ4n) is 3.84. The molecule has 3 heterocycles. The Labute approximate surface area is 200 Å². The monoisotopic (exact) mass is 465 g/mol. The Hall–Kier alpha value is -4.63. The van der Waals surface area contributed by atoms with E-state index in [0.29, 0.717) is 30.5 Å². The third kappa shape index (κ3) is 4.99. The first-order valence-corrected chi connectivity index (χ1v) is 11.2. The molecule has 0 aliphatic rings. The molecule has 0 spiro atoms. The largest absolute Gasteiger partial charge is 0.348 e. The van der Waals surface area contributed by atoms with Gasteiger partial charge >= 0.3 is 0 Å². The molecule has 5 rings (SSSR count). The van der Waals surface area contributed by atoms with Crippen molar-refractivity contribution in [1.82, 2.24) is 35.8 Å². The Morgan fingerprint density at radius 2 is 1.77 bits per heavy atom. The highest BCUT2D eigenvalue weighted by molar-refractivity contribution is 5.91. The van der Waals surface area contributed by atoms with Gasteiger partial charge in [-0.25, -0.2) is 9.97 Å². The van der Waals surface area contributed by atoms with Gasteiger partial charge in [0.1, 0.15) is 6.33 Å². The van der Waals surface area contributed by atoms with Crippen LogP contribution in [0.25, 0.3) is 33.3 Å². The molecule has 0 saturated heterocycles. The highest BCUT2D eigenvalue weighted by Crippen LogP contribution is 2.32. The van der Waals surface area contributed by atoms with Crippen LogP contribution >= 0.6 is 0 Å². The van der Waals surface area contributed by atoms with E-state index in [0.717, 1.165) is 27.9 Å². The van der Waals surface area contributed by atoms with Crippen LogP contribution in [-0.2, 0) is 6.54 Å². The van der Waals surface area contributed by atoms with E-state index in [1.807, 2.05) is 66.7 Å². The van der Waals surface area contributed by atoms with Gasteiger partial charge in [0, 0.05) is 37.0 Å². The maximum atomic E-state index is 12.4. The summed E-state index contributed by atoms with van der Waals surface area (Å²) in [6.07, 6.45) is 2.99. The number of amides is 1. The third-order valence-corrected chi connectivity index (χ3v) is 5.60. The predicted molar refractivity (Wildman–Crippen MR) is 134 cm³/mol. The molecule has 0 aliphatic heterocycles. The van der Waals surface area contributed by atoms with Gasteiger partial charge in [-0.15, -0.1) is 5.10 Å². The molecule has 174 valence electrons. The van der Waals surface area contributed by atoms with Gasteiger partial charge in [0.05, 0.1) is 16.6 Å². The van der Waals surface area contributed by atoms with Gasteiger partial charge < -0.3 is 15.6 Å². The molecule has 0 aliphatic carbocycles. The van der Waals surface area contributed by atoms with Crippen LogP contribution in [0.1, 0.15) is 16.2 Å². The number of aromatic amines is 2. The summed E-state index contributed by atoms with van der Waals surface area (Å²) < 4.78 is 0. The zero-order valence-electron chi connectivity index (χ0n) is 18.8. The number of benzene rings is 2. The predicted octanol–water partition coefficient (Wildman–Crippen LogP) is 2.89. The van der Waals surface area contributed by atoms with E-state index in [1.54, 1.807) is 6.20 Å². The van der Waals surface area contributed by atoms with Crippen molar-refractivity contribution in [3.8, 4) is 22.4 Å². The Balaban J connectivity index is 1.30. The van der Waals surface area contributed by atoms with Crippen LogP contribution in [0.4, 0.5) is 0 Å². The zero-order chi connectivity index (χ0) is 24.0. The Kier molecular flexibility index (Phi) is 6.40. The number of pyridine rings is 2. The van der Waals surface area contributed by atoms with E-state index in [9.17, 15) is 9.59 Å². The fraction of sp³-hybridized carbons (Fsp3) is 0.115. The minimum Gasteiger partial charge on any atom is -0.348 e. The van der Waals surface area contributed by atoms with E-state index in [4.69, 9.17) is 4.98 Å². The number of nitrogens with zero attached hydrogens (tertiary/aromatic N) is 3. The fourth-order valence-corrected chi connectivity index (χ4v) is 3.84. The maximum Gasteiger partial charge on any atom is 0.290 e. The Morgan fingerprint density at radius 3 is 2.54 bits per heavy atom. The van der Waals surface area contributed by atoms with E-state index >= 15 is 0 Å². The number of hydrogen-bond donors (Lipinski definition) is 4. The molecule has 35 heavy (non-hydrogen) atoms. The van der Waals surface area contributed by atoms with Crippen LogP contribution in [0.3, 0.4) is 0 Å². The number of fused-ring (bicyclic) bond motifs is 1. The molecule has 5 aromatic rings. The smallest absolute Gasteiger partial charge is 0.290 e. The standard InChI is InChI=1S/C26H23N7O2/c34-25-21-14-20(18-4-2-1-3-5-18)23(32-22(21)10-11-28-25)19-8-6-17(7-9-19)15-27-12-13-29-26(35)24-30-16-31-33-24/h1-11,14,16,27H,12-13,15H2,(H,28,34)(H,29,35)(H,30,31,33). The number of carbonyl (C=O) groups excluding carboxylic acids is 1. The summed E-state index contributed by atoms with van der Waals surface area (Å²) in [5, 5.41) is 12.9. The molecular weight excluding hydrogens is 442 g/mol. The van der Waals surface area contributed by atoms with Crippen LogP contribution < -0.4 is 16.2 Å². The molecule has 4 N–H and O–H groups in total. The van der Waals surface area contributed by atoms with Gasteiger partial charge in [0.25, 0.3) is 11.5 Å². The first kappa shape index (κ1) is 22.2. The lowest BCUT2D eigenvalue weighted by Gasteiger charge is -2.12. The van der Waals surface area contributed by atoms with Crippen molar-refractivity contribution in [3.05, 3.63) is 101 Å². The van der Waals surface area contributed by atoms with Crippen molar-refractivity contribution in [2.45, 2.75) is 6.54 Å². The molecule has 0 unspecified atom stereocenters. The Bertz CT molecular complexity index is 1500. The molecule has 0 radical (unpaired) electrons. The molecule has 0 saturated carbocycles. The van der Waals surface area contributed by atoms with Crippen molar-refractivity contribution in [2.24, 2.45) is 0 Å². The van der Waals surface area contributed by atoms with Crippen LogP contribution in [0.15, 0.2) is 84.0 Å². The number of aromatic nitrogens is 5. The second-order valence-electron chi connectivity index (χ2n) is 7.94. The zero-order valence-corrected chi connectivity index (χ0v) is 18.8. The van der Waals surface area contributed by atoms with Crippen LogP contribution in [0.5, 0.6) is 0 Å². The van der Waals surface area contributed by atoms with Gasteiger partial charge in [-0.1, -0.05) is 54.6 Å².